The standard InChI is InChI=1S/C26H25N7O3/c1-15(2)36-20-11-7-18(8-12-20)24(34)28-22-13-17(4)31-33(22)26-29-23-21(25(35)30-26)14-27-32(23)19-9-5-16(3)6-10-19/h5-15H,1-4H3,(H,28,34)(H,29,30,35). The highest BCUT2D eigenvalue weighted by Gasteiger charge is 2.17. The number of anilines is 1. The highest BCUT2D eigenvalue weighted by atomic mass is 16.5. The summed E-state index contributed by atoms with van der Waals surface area (Å²) in [7, 11) is 0. The fraction of sp³-hybridized carbons (Fsp3) is 0.192. The van der Waals surface area contributed by atoms with Crippen LogP contribution in [-0.4, -0.2) is 41.5 Å². The maximum Gasteiger partial charge on any atom is 0.263 e. The lowest BCUT2D eigenvalue weighted by atomic mass is 10.2. The molecule has 10 heteroatoms. The Hall–Kier alpha value is -4.73. The fourth-order valence-corrected chi connectivity index (χ4v) is 3.78. The van der Waals surface area contributed by atoms with Gasteiger partial charge in [0.15, 0.2) is 5.65 Å². The monoisotopic (exact) mass is 483 g/mol. The van der Waals surface area contributed by atoms with Gasteiger partial charge in [-0.25, -0.2) is 4.68 Å². The van der Waals surface area contributed by atoms with Crippen molar-refractivity contribution in [2.75, 3.05) is 5.32 Å². The van der Waals surface area contributed by atoms with E-state index in [1.54, 1.807) is 41.9 Å². The normalized spacial score (nSPS) is 11.2. The Bertz CT molecular complexity index is 1610. The minimum absolute atomic E-state index is 0.0383. The first-order chi connectivity index (χ1) is 17.3. The molecular formula is C26H25N7O3. The number of fused-ring (bicyclic) bond motifs is 1. The van der Waals surface area contributed by atoms with Gasteiger partial charge in [-0.1, -0.05) is 17.7 Å². The van der Waals surface area contributed by atoms with Crippen LogP contribution in [0.25, 0.3) is 22.7 Å². The van der Waals surface area contributed by atoms with E-state index >= 15 is 0 Å². The van der Waals surface area contributed by atoms with E-state index in [2.05, 4.69) is 25.5 Å². The van der Waals surface area contributed by atoms with E-state index in [0.717, 1.165) is 11.3 Å². The highest BCUT2D eigenvalue weighted by molar-refractivity contribution is 6.04. The zero-order valence-corrected chi connectivity index (χ0v) is 20.3. The van der Waals surface area contributed by atoms with Crippen molar-refractivity contribution in [3.63, 3.8) is 0 Å². The predicted molar refractivity (Wildman–Crippen MR) is 136 cm³/mol. The summed E-state index contributed by atoms with van der Waals surface area (Å²) in [6.45, 7) is 7.66. The molecule has 1 amide bonds. The summed E-state index contributed by atoms with van der Waals surface area (Å²) in [6, 6.07) is 16.3. The van der Waals surface area contributed by atoms with E-state index in [4.69, 9.17) is 4.74 Å². The van der Waals surface area contributed by atoms with Gasteiger partial charge in [-0.2, -0.15) is 19.9 Å². The first-order valence-corrected chi connectivity index (χ1v) is 11.5. The van der Waals surface area contributed by atoms with Crippen LogP contribution >= 0.6 is 0 Å². The fourth-order valence-electron chi connectivity index (χ4n) is 3.78. The summed E-state index contributed by atoms with van der Waals surface area (Å²) >= 11 is 0. The number of aromatic nitrogens is 6. The topological polar surface area (TPSA) is 120 Å². The molecule has 10 nitrogen and oxygen atoms in total. The van der Waals surface area contributed by atoms with Crippen LogP contribution in [0, 0.1) is 13.8 Å². The zero-order valence-electron chi connectivity index (χ0n) is 20.3. The SMILES string of the molecule is Cc1ccc(-n2ncc3c(=O)[nH]c(-n4nc(C)cc4NC(=O)c4ccc(OC(C)C)cc4)nc32)cc1. The van der Waals surface area contributed by atoms with Crippen LogP contribution in [0.4, 0.5) is 5.82 Å². The van der Waals surface area contributed by atoms with Crippen LogP contribution < -0.4 is 15.6 Å². The minimum atomic E-state index is -0.362. The summed E-state index contributed by atoms with van der Waals surface area (Å²) in [5.74, 6) is 0.873. The van der Waals surface area contributed by atoms with Crippen LogP contribution in [0.2, 0.25) is 0 Å². The van der Waals surface area contributed by atoms with E-state index < -0.39 is 0 Å². The van der Waals surface area contributed by atoms with Gasteiger partial charge in [0.2, 0.25) is 5.95 Å². The molecule has 0 aliphatic heterocycles. The second kappa shape index (κ2) is 9.14. The zero-order chi connectivity index (χ0) is 25.4. The van der Waals surface area contributed by atoms with Crippen LogP contribution in [0.15, 0.2) is 65.6 Å². The number of H-pyrrole nitrogens is 1. The maximum atomic E-state index is 12.9. The average Bonchev–Trinajstić information content (AvgIpc) is 3.43. The van der Waals surface area contributed by atoms with E-state index in [-0.39, 0.29) is 23.5 Å². The van der Waals surface area contributed by atoms with Crippen molar-refractivity contribution in [3.05, 3.63) is 88.0 Å². The number of aryl methyl sites for hydroxylation is 2. The lowest BCUT2D eigenvalue weighted by molar-refractivity contribution is 0.102. The molecular weight excluding hydrogens is 458 g/mol. The molecule has 0 saturated heterocycles. The van der Waals surface area contributed by atoms with Crippen molar-refractivity contribution < 1.29 is 9.53 Å². The van der Waals surface area contributed by atoms with E-state index in [1.165, 1.54) is 10.9 Å². The number of carbonyl (C=O) groups is 1. The maximum absolute atomic E-state index is 12.9. The van der Waals surface area contributed by atoms with E-state index in [1.807, 2.05) is 45.0 Å². The van der Waals surface area contributed by atoms with Gasteiger partial charge in [-0.05, 0) is 64.1 Å². The molecule has 5 aromatic rings. The minimum Gasteiger partial charge on any atom is -0.491 e. The molecule has 2 N–H and O–H groups in total. The molecule has 3 aromatic heterocycles. The number of rotatable bonds is 6. The number of nitrogens with one attached hydrogen (secondary N) is 2. The molecule has 5 rings (SSSR count). The number of hydrogen-bond acceptors (Lipinski definition) is 6. The van der Waals surface area contributed by atoms with Crippen LogP contribution in [0.1, 0.15) is 35.5 Å². The molecule has 3 heterocycles. The van der Waals surface area contributed by atoms with Crippen molar-refractivity contribution in [2.24, 2.45) is 0 Å². The molecule has 182 valence electrons. The molecule has 0 radical (unpaired) electrons. The van der Waals surface area contributed by atoms with Gasteiger partial charge < -0.3 is 10.1 Å². The number of hydrogen-bond donors (Lipinski definition) is 2. The summed E-state index contributed by atoms with van der Waals surface area (Å²) in [5.41, 5.74) is 2.99. The quantitative estimate of drug-likeness (QED) is 0.377. The van der Waals surface area contributed by atoms with Gasteiger partial charge in [0.05, 0.1) is 23.7 Å². The number of aromatic amines is 1. The molecule has 2 aromatic carbocycles. The molecule has 0 spiro atoms. The molecule has 0 bridgehead atoms. The van der Waals surface area contributed by atoms with Crippen LogP contribution in [0.3, 0.4) is 0 Å². The molecule has 0 saturated carbocycles. The lowest BCUT2D eigenvalue weighted by Gasteiger charge is -2.11. The Morgan fingerprint density at radius 1 is 1.03 bits per heavy atom. The van der Waals surface area contributed by atoms with Gasteiger partial charge >= 0.3 is 0 Å². The van der Waals surface area contributed by atoms with Gasteiger partial charge in [0.25, 0.3) is 11.5 Å². The molecule has 0 aliphatic rings. The van der Waals surface area contributed by atoms with Crippen molar-refractivity contribution in [1.29, 1.82) is 0 Å². The van der Waals surface area contributed by atoms with E-state index in [9.17, 15) is 9.59 Å². The first-order valence-electron chi connectivity index (χ1n) is 11.5. The van der Waals surface area contributed by atoms with Crippen molar-refractivity contribution in [2.45, 2.75) is 33.8 Å². The second-order valence-corrected chi connectivity index (χ2v) is 8.75. The van der Waals surface area contributed by atoms with Gasteiger partial charge in [0, 0.05) is 11.6 Å². The largest absolute Gasteiger partial charge is 0.491 e. The number of ether oxygens (including phenoxy) is 1. The number of nitrogens with zero attached hydrogens (tertiary/aromatic N) is 5. The Kier molecular flexibility index (Phi) is 5.85. The third kappa shape index (κ3) is 4.48. The molecule has 36 heavy (non-hydrogen) atoms. The summed E-state index contributed by atoms with van der Waals surface area (Å²) in [5, 5.41) is 12.0. The van der Waals surface area contributed by atoms with Crippen molar-refractivity contribution in [1.82, 2.24) is 29.5 Å². The third-order valence-electron chi connectivity index (χ3n) is 5.47. The first kappa shape index (κ1) is 23.0. The predicted octanol–water partition coefficient (Wildman–Crippen LogP) is 3.95. The third-order valence-corrected chi connectivity index (χ3v) is 5.47. The Labute approximate surface area is 206 Å². The molecule has 0 fully saturated rings. The van der Waals surface area contributed by atoms with Crippen molar-refractivity contribution >= 4 is 22.8 Å². The highest BCUT2D eigenvalue weighted by Crippen LogP contribution is 2.20. The Morgan fingerprint density at radius 3 is 2.44 bits per heavy atom. The van der Waals surface area contributed by atoms with Gasteiger partial charge in [-0.3, -0.25) is 14.6 Å². The molecule has 0 atom stereocenters. The number of benzene rings is 2. The number of carbonyl (C=O) groups excluding carboxylic acids is 1. The number of amides is 1. The smallest absolute Gasteiger partial charge is 0.263 e. The second-order valence-electron chi connectivity index (χ2n) is 8.75. The summed E-state index contributed by atoms with van der Waals surface area (Å²) in [6.07, 6.45) is 1.52. The van der Waals surface area contributed by atoms with E-state index in [0.29, 0.717) is 33.9 Å². The Morgan fingerprint density at radius 2 is 1.75 bits per heavy atom. The lowest BCUT2D eigenvalue weighted by Crippen LogP contribution is -2.19. The Balaban J connectivity index is 1.50. The summed E-state index contributed by atoms with van der Waals surface area (Å²) in [4.78, 5) is 33.2. The van der Waals surface area contributed by atoms with Gasteiger partial charge in [-0.15, -0.1) is 0 Å². The van der Waals surface area contributed by atoms with Gasteiger partial charge in [0.1, 0.15) is 17.0 Å². The van der Waals surface area contributed by atoms with Crippen LogP contribution in [0.5, 0.6) is 5.75 Å². The van der Waals surface area contributed by atoms with Crippen molar-refractivity contribution in [3.8, 4) is 17.4 Å². The van der Waals surface area contributed by atoms with Crippen LogP contribution in [-0.2, 0) is 0 Å². The summed E-state index contributed by atoms with van der Waals surface area (Å²) < 4.78 is 8.64. The average molecular weight is 484 g/mol. The molecule has 0 aliphatic carbocycles. The molecule has 0 unspecified atom stereocenters.